The lowest BCUT2D eigenvalue weighted by atomic mass is 10.0. The summed E-state index contributed by atoms with van der Waals surface area (Å²) in [7, 11) is -5.58. The van der Waals surface area contributed by atoms with E-state index in [4.69, 9.17) is 0 Å². The quantitative estimate of drug-likeness (QED) is 0.840. The van der Waals surface area contributed by atoms with E-state index in [-0.39, 0.29) is 5.92 Å². The lowest BCUT2D eigenvalue weighted by Crippen LogP contribution is -2.40. The van der Waals surface area contributed by atoms with E-state index in [1.807, 2.05) is 13.0 Å². The second kappa shape index (κ2) is 6.68. The highest BCUT2D eigenvalue weighted by atomic mass is 32.2. The molecule has 1 aromatic rings. The number of rotatable bonds is 4. The lowest BCUT2D eigenvalue weighted by molar-refractivity contribution is 0.272. The molecule has 124 valence electrons. The standard InChI is InChI=1S/C15H24N2O3S2/c1-13-6-4-8-15(10-13)22(19,20)17-9-5-7-14(12-17)11-16-21(2,3)18/h4,6,8,10,14H,5,7,9,11-12H2,1-3H3. The summed E-state index contributed by atoms with van der Waals surface area (Å²) in [5, 5.41) is 0. The molecule has 7 heteroatoms. The molecular formula is C15H24N2O3S2. The van der Waals surface area contributed by atoms with Crippen LogP contribution < -0.4 is 0 Å². The van der Waals surface area contributed by atoms with E-state index in [9.17, 15) is 12.6 Å². The van der Waals surface area contributed by atoms with Crippen LogP contribution in [-0.2, 0) is 19.8 Å². The van der Waals surface area contributed by atoms with Crippen molar-refractivity contribution in [2.24, 2.45) is 10.3 Å². The molecule has 0 aliphatic carbocycles. The van der Waals surface area contributed by atoms with Crippen LogP contribution in [-0.4, -0.2) is 49.1 Å². The molecule has 1 saturated heterocycles. The van der Waals surface area contributed by atoms with Gasteiger partial charge in [-0.3, -0.25) is 4.21 Å². The van der Waals surface area contributed by atoms with Crippen LogP contribution in [0.2, 0.25) is 0 Å². The molecule has 1 aliphatic rings. The maximum atomic E-state index is 12.7. The van der Waals surface area contributed by atoms with Gasteiger partial charge in [0.1, 0.15) is 0 Å². The van der Waals surface area contributed by atoms with E-state index >= 15 is 0 Å². The molecule has 0 radical (unpaired) electrons. The van der Waals surface area contributed by atoms with Crippen LogP contribution in [0.1, 0.15) is 18.4 Å². The third-order valence-electron chi connectivity index (χ3n) is 3.75. The predicted octanol–water partition coefficient (Wildman–Crippen LogP) is 2.12. The zero-order chi connectivity index (χ0) is 16.4. The van der Waals surface area contributed by atoms with Gasteiger partial charge in [-0.2, -0.15) is 4.31 Å². The zero-order valence-electron chi connectivity index (χ0n) is 13.4. The van der Waals surface area contributed by atoms with Gasteiger partial charge in [-0.25, -0.2) is 12.8 Å². The first-order valence-corrected chi connectivity index (χ1v) is 11.2. The van der Waals surface area contributed by atoms with Gasteiger partial charge in [-0.1, -0.05) is 12.1 Å². The molecule has 22 heavy (non-hydrogen) atoms. The summed E-state index contributed by atoms with van der Waals surface area (Å²) in [6.45, 7) is 3.34. The fourth-order valence-electron chi connectivity index (χ4n) is 2.60. The molecule has 1 unspecified atom stereocenters. The monoisotopic (exact) mass is 344 g/mol. The van der Waals surface area contributed by atoms with Gasteiger partial charge in [0.2, 0.25) is 10.0 Å². The van der Waals surface area contributed by atoms with Gasteiger partial charge in [0.15, 0.2) is 0 Å². The zero-order valence-corrected chi connectivity index (χ0v) is 15.0. The molecule has 1 atom stereocenters. The maximum Gasteiger partial charge on any atom is 0.243 e. The summed E-state index contributed by atoms with van der Waals surface area (Å²) < 4.78 is 42.8. The smallest absolute Gasteiger partial charge is 0.243 e. The molecule has 0 N–H and O–H groups in total. The van der Waals surface area contributed by atoms with E-state index in [0.29, 0.717) is 24.5 Å². The van der Waals surface area contributed by atoms with Crippen molar-refractivity contribution in [1.82, 2.24) is 4.31 Å². The molecule has 0 amide bonds. The minimum atomic E-state index is -3.45. The molecule has 0 aromatic heterocycles. The summed E-state index contributed by atoms with van der Waals surface area (Å²) in [5.41, 5.74) is 0.932. The Labute approximate surface area is 134 Å². The summed E-state index contributed by atoms with van der Waals surface area (Å²) in [6.07, 6.45) is 4.97. The Morgan fingerprint density at radius 2 is 2.00 bits per heavy atom. The van der Waals surface area contributed by atoms with E-state index < -0.39 is 19.8 Å². The maximum absolute atomic E-state index is 12.7. The molecule has 1 heterocycles. The number of aryl methyl sites for hydroxylation is 1. The Morgan fingerprint density at radius 1 is 1.27 bits per heavy atom. The number of benzene rings is 1. The minimum Gasteiger partial charge on any atom is -0.250 e. The van der Waals surface area contributed by atoms with Gasteiger partial charge in [0, 0.05) is 35.3 Å². The molecule has 0 spiro atoms. The highest BCUT2D eigenvalue weighted by molar-refractivity contribution is 7.92. The highest BCUT2D eigenvalue weighted by Gasteiger charge is 2.30. The van der Waals surface area contributed by atoms with Gasteiger partial charge in [0.25, 0.3) is 0 Å². The second-order valence-corrected chi connectivity index (χ2v) is 10.7. The van der Waals surface area contributed by atoms with E-state index in [1.54, 1.807) is 35.0 Å². The number of hydrogen-bond donors (Lipinski definition) is 0. The van der Waals surface area contributed by atoms with Crippen LogP contribution in [0.4, 0.5) is 0 Å². The fraction of sp³-hybridized carbons (Fsp3) is 0.600. The minimum absolute atomic E-state index is 0.147. The SMILES string of the molecule is Cc1cccc(S(=O)(=O)N2CCCC(CN=S(C)(C)=O)C2)c1. The van der Waals surface area contributed by atoms with E-state index in [1.165, 1.54) is 0 Å². The second-order valence-electron chi connectivity index (χ2n) is 6.18. The normalized spacial score (nSPS) is 20.8. The topological polar surface area (TPSA) is 66.8 Å². The largest absolute Gasteiger partial charge is 0.250 e. The van der Waals surface area contributed by atoms with Gasteiger partial charge in [0.05, 0.1) is 11.4 Å². The average Bonchev–Trinajstić information content (AvgIpc) is 2.45. The van der Waals surface area contributed by atoms with Crippen molar-refractivity contribution < 1.29 is 12.6 Å². The molecule has 2 rings (SSSR count). The highest BCUT2D eigenvalue weighted by Crippen LogP contribution is 2.24. The van der Waals surface area contributed by atoms with Crippen molar-refractivity contribution in [3.63, 3.8) is 0 Å². The molecule has 0 bridgehead atoms. The van der Waals surface area contributed by atoms with Crippen molar-refractivity contribution in [2.45, 2.75) is 24.7 Å². The van der Waals surface area contributed by atoms with Crippen LogP contribution in [0.3, 0.4) is 0 Å². The van der Waals surface area contributed by atoms with Gasteiger partial charge >= 0.3 is 0 Å². The van der Waals surface area contributed by atoms with Gasteiger partial charge < -0.3 is 0 Å². The fourth-order valence-corrected chi connectivity index (χ4v) is 4.83. The Bertz CT molecular complexity index is 742. The Kier molecular flexibility index (Phi) is 5.29. The van der Waals surface area contributed by atoms with Crippen molar-refractivity contribution in [3.05, 3.63) is 29.8 Å². The van der Waals surface area contributed by atoms with Crippen molar-refractivity contribution in [3.8, 4) is 0 Å². The van der Waals surface area contributed by atoms with Crippen LogP contribution in [0.25, 0.3) is 0 Å². The number of hydrogen-bond acceptors (Lipinski definition) is 4. The molecule has 0 saturated carbocycles. The van der Waals surface area contributed by atoms with E-state index in [2.05, 4.69) is 4.36 Å². The molecule has 1 fully saturated rings. The first-order chi connectivity index (χ1) is 10.2. The first kappa shape index (κ1) is 17.4. The third-order valence-corrected chi connectivity index (χ3v) is 6.38. The van der Waals surface area contributed by atoms with Gasteiger partial charge in [-0.15, -0.1) is 0 Å². The molecule has 1 aliphatic heterocycles. The Balaban J connectivity index is 2.16. The van der Waals surface area contributed by atoms with Crippen LogP contribution >= 0.6 is 0 Å². The van der Waals surface area contributed by atoms with Crippen molar-refractivity contribution in [2.75, 3.05) is 32.1 Å². The Hall–Kier alpha value is -0.920. The third kappa shape index (κ3) is 4.54. The number of sulfonamides is 1. The predicted molar refractivity (Wildman–Crippen MR) is 89.9 cm³/mol. The van der Waals surface area contributed by atoms with Crippen LogP contribution in [0.15, 0.2) is 33.5 Å². The molecule has 1 aromatic carbocycles. The van der Waals surface area contributed by atoms with Crippen LogP contribution in [0, 0.1) is 12.8 Å². The molecular weight excluding hydrogens is 320 g/mol. The average molecular weight is 345 g/mol. The summed E-state index contributed by atoms with van der Waals surface area (Å²) in [4.78, 5) is 0.347. The number of piperidine rings is 1. The Morgan fingerprint density at radius 3 is 2.64 bits per heavy atom. The van der Waals surface area contributed by atoms with Crippen molar-refractivity contribution >= 4 is 19.8 Å². The first-order valence-electron chi connectivity index (χ1n) is 7.38. The summed E-state index contributed by atoms with van der Waals surface area (Å²) >= 11 is 0. The van der Waals surface area contributed by atoms with Crippen molar-refractivity contribution in [1.29, 1.82) is 0 Å². The summed E-state index contributed by atoms with van der Waals surface area (Å²) in [6, 6.07) is 6.99. The number of nitrogens with zero attached hydrogens (tertiary/aromatic N) is 2. The summed E-state index contributed by atoms with van der Waals surface area (Å²) in [5.74, 6) is 0.147. The molecule has 5 nitrogen and oxygen atoms in total. The van der Waals surface area contributed by atoms with Gasteiger partial charge in [-0.05, 0) is 43.4 Å². The lowest BCUT2D eigenvalue weighted by Gasteiger charge is -2.31. The van der Waals surface area contributed by atoms with Crippen LogP contribution in [0.5, 0.6) is 0 Å². The van der Waals surface area contributed by atoms with E-state index in [0.717, 1.165) is 18.4 Å².